The lowest BCUT2D eigenvalue weighted by molar-refractivity contribution is 0.177. The van der Waals surface area contributed by atoms with Gasteiger partial charge in [-0.2, -0.15) is 5.10 Å². The number of guanidine groups is 1. The van der Waals surface area contributed by atoms with Crippen molar-refractivity contribution in [3.63, 3.8) is 0 Å². The second kappa shape index (κ2) is 10.0. The maximum atomic E-state index is 5.14. The van der Waals surface area contributed by atoms with Gasteiger partial charge in [-0.25, -0.2) is 9.67 Å². The number of rotatable bonds is 7. The van der Waals surface area contributed by atoms with Crippen LogP contribution in [0.2, 0.25) is 0 Å². The zero-order chi connectivity index (χ0) is 19.1. The molecule has 8 nitrogen and oxygen atoms in total. The molecule has 3 heterocycles. The van der Waals surface area contributed by atoms with Crippen molar-refractivity contribution in [1.82, 2.24) is 30.3 Å². The highest BCUT2D eigenvalue weighted by molar-refractivity contribution is 5.80. The van der Waals surface area contributed by atoms with Gasteiger partial charge in [0.2, 0.25) is 0 Å². The lowest BCUT2D eigenvalue weighted by Gasteiger charge is -2.28. The van der Waals surface area contributed by atoms with E-state index in [0.717, 1.165) is 56.0 Å². The molecule has 0 bridgehead atoms. The lowest BCUT2D eigenvalue weighted by Crippen LogP contribution is -2.47. The molecule has 2 aliphatic heterocycles. The molecule has 2 aliphatic rings. The summed E-state index contributed by atoms with van der Waals surface area (Å²) >= 11 is 0. The van der Waals surface area contributed by atoms with Gasteiger partial charge in [-0.05, 0) is 58.7 Å². The maximum Gasteiger partial charge on any atom is 0.191 e. The monoisotopic (exact) mass is 377 g/mol. The zero-order valence-corrected chi connectivity index (χ0v) is 17.1. The number of fused-ring (bicyclic) bond motifs is 1. The van der Waals surface area contributed by atoms with Crippen LogP contribution in [0.15, 0.2) is 4.99 Å². The summed E-state index contributed by atoms with van der Waals surface area (Å²) in [4.78, 5) is 11.8. The quantitative estimate of drug-likeness (QED) is 0.546. The largest absolute Gasteiger partial charge is 0.377 e. The molecule has 1 aromatic rings. The molecule has 1 fully saturated rings. The molecule has 0 saturated carbocycles. The summed E-state index contributed by atoms with van der Waals surface area (Å²) in [7, 11) is 3.89. The molecule has 1 atom stereocenters. The number of nitrogens with one attached hydrogen (secondary N) is 2. The van der Waals surface area contributed by atoms with Crippen LogP contribution < -0.4 is 10.6 Å². The standard InChI is InChI=1S/C19H35N7O/c1-4-20-19(21-10-7-15-8-11-25(2)12-9-15)22-16-5-6-18-23-17(14-27-3)24-26(18)13-16/h15-16H,4-14H2,1-3H3,(H2,20,21,22). The fourth-order valence-corrected chi connectivity index (χ4v) is 3.89. The van der Waals surface area contributed by atoms with Crippen molar-refractivity contribution in [1.29, 1.82) is 0 Å². The molecular weight excluding hydrogens is 342 g/mol. The van der Waals surface area contributed by atoms with E-state index in [-0.39, 0.29) is 0 Å². The minimum Gasteiger partial charge on any atom is -0.377 e. The Morgan fingerprint density at radius 1 is 1.30 bits per heavy atom. The maximum absolute atomic E-state index is 5.14. The third-order valence-corrected chi connectivity index (χ3v) is 5.51. The molecule has 0 spiro atoms. The van der Waals surface area contributed by atoms with Crippen molar-refractivity contribution < 1.29 is 4.74 Å². The Balaban J connectivity index is 1.49. The van der Waals surface area contributed by atoms with Crippen LogP contribution in [0.25, 0.3) is 0 Å². The Morgan fingerprint density at radius 2 is 2.11 bits per heavy atom. The van der Waals surface area contributed by atoms with Gasteiger partial charge in [0.1, 0.15) is 12.4 Å². The van der Waals surface area contributed by atoms with Gasteiger partial charge in [0.05, 0.1) is 6.54 Å². The summed E-state index contributed by atoms with van der Waals surface area (Å²) < 4.78 is 7.15. The van der Waals surface area contributed by atoms with Crippen LogP contribution in [-0.4, -0.2) is 72.0 Å². The van der Waals surface area contributed by atoms with E-state index >= 15 is 0 Å². The van der Waals surface area contributed by atoms with Gasteiger partial charge in [-0.3, -0.25) is 4.99 Å². The molecular formula is C19H35N7O. The first kappa shape index (κ1) is 20.1. The van der Waals surface area contributed by atoms with Crippen molar-refractivity contribution >= 4 is 5.96 Å². The summed E-state index contributed by atoms with van der Waals surface area (Å²) in [5, 5.41) is 11.5. The number of ether oxygens (including phenoxy) is 1. The minimum absolute atomic E-state index is 0.329. The van der Waals surface area contributed by atoms with Crippen LogP contribution in [0, 0.1) is 5.92 Å². The first-order chi connectivity index (χ1) is 13.2. The van der Waals surface area contributed by atoms with Gasteiger partial charge >= 0.3 is 0 Å². The number of hydrogen-bond acceptors (Lipinski definition) is 5. The average Bonchev–Trinajstić information content (AvgIpc) is 3.05. The summed E-state index contributed by atoms with van der Waals surface area (Å²) in [5.74, 6) is 3.58. The van der Waals surface area contributed by atoms with Gasteiger partial charge in [0.25, 0.3) is 0 Å². The smallest absolute Gasteiger partial charge is 0.191 e. The van der Waals surface area contributed by atoms with Crippen molar-refractivity contribution in [3.05, 3.63) is 11.6 Å². The van der Waals surface area contributed by atoms with E-state index in [1.807, 2.05) is 4.68 Å². The number of methoxy groups -OCH3 is 1. The average molecular weight is 378 g/mol. The van der Waals surface area contributed by atoms with Crippen LogP contribution in [-0.2, 0) is 24.3 Å². The third-order valence-electron chi connectivity index (χ3n) is 5.51. The second-order valence-corrected chi connectivity index (χ2v) is 7.74. The van der Waals surface area contributed by atoms with Gasteiger partial charge in [0, 0.05) is 32.7 Å². The van der Waals surface area contributed by atoms with E-state index in [1.54, 1.807) is 7.11 Å². The molecule has 0 amide bonds. The van der Waals surface area contributed by atoms with Crippen molar-refractivity contribution in [2.24, 2.45) is 10.9 Å². The number of piperidine rings is 1. The third kappa shape index (κ3) is 5.90. The van der Waals surface area contributed by atoms with E-state index in [0.29, 0.717) is 12.6 Å². The Labute approximate surface area is 162 Å². The molecule has 3 rings (SSSR count). The highest BCUT2D eigenvalue weighted by atomic mass is 16.5. The number of aryl methyl sites for hydroxylation is 1. The fourth-order valence-electron chi connectivity index (χ4n) is 3.89. The summed E-state index contributed by atoms with van der Waals surface area (Å²) in [6.07, 6.45) is 5.77. The highest BCUT2D eigenvalue weighted by Crippen LogP contribution is 2.19. The fraction of sp³-hybridized carbons (Fsp3) is 0.842. The Bertz CT molecular complexity index is 607. The molecule has 0 aromatic carbocycles. The molecule has 152 valence electrons. The first-order valence-electron chi connectivity index (χ1n) is 10.3. The molecule has 27 heavy (non-hydrogen) atoms. The summed E-state index contributed by atoms with van der Waals surface area (Å²) in [6.45, 7) is 7.62. The van der Waals surface area contributed by atoms with Gasteiger partial charge in [-0.1, -0.05) is 0 Å². The van der Waals surface area contributed by atoms with E-state index in [4.69, 9.17) is 9.73 Å². The van der Waals surface area contributed by atoms with E-state index < -0.39 is 0 Å². The Hall–Kier alpha value is -1.67. The zero-order valence-electron chi connectivity index (χ0n) is 17.1. The molecule has 1 saturated heterocycles. The minimum atomic E-state index is 0.329. The van der Waals surface area contributed by atoms with Crippen LogP contribution >= 0.6 is 0 Å². The van der Waals surface area contributed by atoms with E-state index in [2.05, 4.69) is 39.6 Å². The van der Waals surface area contributed by atoms with Gasteiger partial charge in [-0.15, -0.1) is 0 Å². The van der Waals surface area contributed by atoms with Gasteiger partial charge in [0.15, 0.2) is 11.8 Å². The number of aliphatic imine (C=N–C) groups is 1. The van der Waals surface area contributed by atoms with Crippen molar-refractivity contribution in [2.45, 2.75) is 58.2 Å². The summed E-state index contributed by atoms with van der Waals surface area (Å²) in [5.41, 5.74) is 0. The molecule has 1 aromatic heterocycles. The van der Waals surface area contributed by atoms with Crippen LogP contribution in [0.5, 0.6) is 0 Å². The number of nitrogens with zero attached hydrogens (tertiary/aromatic N) is 5. The number of hydrogen-bond donors (Lipinski definition) is 2. The molecule has 0 aliphatic carbocycles. The Morgan fingerprint density at radius 3 is 2.85 bits per heavy atom. The number of aromatic nitrogens is 3. The number of likely N-dealkylation sites (tertiary alicyclic amines) is 1. The van der Waals surface area contributed by atoms with Crippen LogP contribution in [0.1, 0.15) is 44.3 Å². The Kier molecular flexibility index (Phi) is 7.46. The van der Waals surface area contributed by atoms with Crippen molar-refractivity contribution in [3.8, 4) is 0 Å². The predicted molar refractivity (Wildman–Crippen MR) is 107 cm³/mol. The van der Waals surface area contributed by atoms with Crippen LogP contribution in [0.3, 0.4) is 0 Å². The molecule has 1 unspecified atom stereocenters. The molecule has 2 N–H and O–H groups in total. The highest BCUT2D eigenvalue weighted by Gasteiger charge is 2.22. The topological polar surface area (TPSA) is 79.6 Å². The van der Waals surface area contributed by atoms with Gasteiger partial charge < -0.3 is 20.3 Å². The molecule has 8 heteroatoms. The second-order valence-electron chi connectivity index (χ2n) is 7.74. The molecule has 0 radical (unpaired) electrons. The normalized spacial score (nSPS) is 21.9. The van der Waals surface area contributed by atoms with Crippen LogP contribution in [0.4, 0.5) is 0 Å². The predicted octanol–water partition coefficient (Wildman–Crippen LogP) is 1.03. The summed E-state index contributed by atoms with van der Waals surface area (Å²) in [6, 6.07) is 0.329. The SMILES string of the molecule is CCNC(=NCCC1CCN(C)CC1)NC1CCc2nc(COC)nn2C1. The van der Waals surface area contributed by atoms with Crippen molar-refractivity contribution in [2.75, 3.05) is 40.3 Å². The lowest BCUT2D eigenvalue weighted by atomic mass is 9.94. The van der Waals surface area contributed by atoms with E-state index in [1.165, 1.54) is 32.4 Å². The van der Waals surface area contributed by atoms with E-state index in [9.17, 15) is 0 Å². The first-order valence-corrected chi connectivity index (χ1v) is 10.3.